The van der Waals surface area contributed by atoms with E-state index in [0.29, 0.717) is 6.73 Å². The number of hydrazone groups is 1. The first kappa shape index (κ1) is 16.7. The van der Waals surface area contributed by atoms with Crippen molar-refractivity contribution in [2.24, 2.45) is 5.10 Å². The summed E-state index contributed by atoms with van der Waals surface area (Å²) in [6.45, 7) is 0.522. The van der Waals surface area contributed by atoms with Gasteiger partial charge in [-0.05, 0) is 74.2 Å². The zero-order chi connectivity index (χ0) is 17.7. The summed E-state index contributed by atoms with van der Waals surface area (Å²) in [6, 6.07) is 16.6. The molecule has 1 saturated heterocycles. The van der Waals surface area contributed by atoms with Crippen LogP contribution in [-0.4, -0.2) is 23.3 Å². The monoisotopic (exact) mass is 476 g/mol. The Morgan fingerprint density at radius 1 is 0.885 bits per heavy atom. The average Bonchev–Trinajstić information content (AvgIpc) is 3.18. The maximum Gasteiger partial charge on any atom is 0.202 e. The number of hydrogen-bond acceptors (Lipinski definition) is 5. The Labute approximate surface area is 169 Å². The molecule has 26 heavy (non-hydrogen) atoms. The van der Waals surface area contributed by atoms with Crippen molar-refractivity contribution in [3.05, 3.63) is 57.5 Å². The van der Waals surface area contributed by atoms with E-state index in [0.717, 1.165) is 45.3 Å². The number of rotatable bonds is 2. The summed E-state index contributed by atoms with van der Waals surface area (Å²) in [5.41, 5.74) is 2.81. The molecule has 0 amide bonds. The van der Waals surface area contributed by atoms with Crippen molar-refractivity contribution < 1.29 is 4.74 Å². The minimum atomic E-state index is -0.446. The van der Waals surface area contributed by atoms with Gasteiger partial charge in [-0.15, -0.1) is 0 Å². The number of nitrogens with zero attached hydrogens (tertiary/aromatic N) is 4. The maximum atomic E-state index is 6.40. The average molecular weight is 478 g/mol. The van der Waals surface area contributed by atoms with Gasteiger partial charge in [-0.3, -0.25) is 5.01 Å². The molecule has 2 aliphatic heterocycles. The lowest BCUT2D eigenvalue weighted by atomic mass is 9.90. The molecule has 7 heteroatoms. The molecule has 5 nitrogen and oxygen atoms in total. The van der Waals surface area contributed by atoms with Gasteiger partial charge in [0.25, 0.3) is 0 Å². The quantitative estimate of drug-likeness (QED) is 0.588. The third kappa shape index (κ3) is 2.52. The highest BCUT2D eigenvalue weighted by Gasteiger charge is 2.58. The molecular weight excluding hydrogens is 460 g/mol. The molecule has 1 spiro atoms. The van der Waals surface area contributed by atoms with Gasteiger partial charge in [0.05, 0.1) is 17.1 Å². The fraction of sp³-hybridized carbons (Fsp3) is 0.316. The van der Waals surface area contributed by atoms with Crippen molar-refractivity contribution in [3.63, 3.8) is 0 Å². The summed E-state index contributed by atoms with van der Waals surface area (Å²) in [5, 5.41) is 11.3. The molecule has 134 valence electrons. The summed E-state index contributed by atoms with van der Waals surface area (Å²) in [7, 11) is 0. The van der Waals surface area contributed by atoms with Crippen molar-refractivity contribution in [1.29, 1.82) is 0 Å². The van der Waals surface area contributed by atoms with Gasteiger partial charge in [0.2, 0.25) is 5.72 Å². The third-order valence-electron chi connectivity index (χ3n) is 5.18. The standard InChI is InChI=1S/C19H18Br2N4O/c20-14-4-8-16(9-5-14)23-13-26-19-12-2-1-3-18(19)22-24(25(19)23)17-10-6-15(21)7-11-17/h4-11H,1-3,12-13H2. The van der Waals surface area contributed by atoms with Gasteiger partial charge >= 0.3 is 0 Å². The molecule has 2 heterocycles. The summed E-state index contributed by atoms with van der Waals surface area (Å²) in [5.74, 6) is 0. The maximum absolute atomic E-state index is 6.40. The molecule has 3 aliphatic rings. The molecule has 2 aromatic rings. The van der Waals surface area contributed by atoms with Gasteiger partial charge < -0.3 is 4.74 Å². The topological polar surface area (TPSA) is 31.3 Å². The number of anilines is 2. The van der Waals surface area contributed by atoms with Crippen LogP contribution in [0.15, 0.2) is 62.6 Å². The highest BCUT2D eigenvalue weighted by molar-refractivity contribution is 9.10. The van der Waals surface area contributed by atoms with Crippen LogP contribution in [-0.2, 0) is 4.74 Å². The number of halogens is 2. The largest absolute Gasteiger partial charge is 0.329 e. The van der Waals surface area contributed by atoms with Gasteiger partial charge in [0.15, 0.2) is 0 Å². The predicted molar refractivity (Wildman–Crippen MR) is 110 cm³/mol. The molecule has 1 aliphatic carbocycles. The summed E-state index contributed by atoms with van der Waals surface area (Å²) >= 11 is 7.04. The van der Waals surface area contributed by atoms with Crippen molar-refractivity contribution in [3.8, 4) is 0 Å². The second-order valence-electron chi connectivity index (χ2n) is 6.74. The minimum Gasteiger partial charge on any atom is -0.329 e. The van der Waals surface area contributed by atoms with Crippen molar-refractivity contribution in [1.82, 2.24) is 5.12 Å². The highest BCUT2D eigenvalue weighted by Crippen LogP contribution is 2.46. The van der Waals surface area contributed by atoms with Gasteiger partial charge in [0, 0.05) is 8.95 Å². The van der Waals surface area contributed by atoms with Crippen LogP contribution in [0.2, 0.25) is 0 Å². The van der Waals surface area contributed by atoms with E-state index < -0.39 is 5.72 Å². The van der Waals surface area contributed by atoms with Crippen LogP contribution < -0.4 is 10.1 Å². The zero-order valence-corrected chi connectivity index (χ0v) is 17.3. The highest BCUT2D eigenvalue weighted by atomic mass is 79.9. The van der Waals surface area contributed by atoms with Crippen LogP contribution in [0.4, 0.5) is 11.4 Å². The molecule has 2 fully saturated rings. The Kier molecular flexibility index (Phi) is 4.08. The molecule has 1 saturated carbocycles. The molecule has 0 radical (unpaired) electrons. The number of hydrazine groups is 2. The second kappa shape index (κ2) is 6.34. The Morgan fingerprint density at radius 3 is 2.23 bits per heavy atom. The van der Waals surface area contributed by atoms with Crippen LogP contribution in [0.5, 0.6) is 0 Å². The minimum absolute atomic E-state index is 0.446. The Balaban J connectivity index is 1.59. The van der Waals surface area contributed by atoms with E-state index in [4.69, 9.17) is 9.84 Å². The lowest BCUT2D eigenvalue weighted by molar-refractivity contribution is -0.0301. The molecule has 5 rings (SSSR count). The van der Waals surface area contributed by atoms with Crippen LogP contribution in [0.1, 0.15) is 25.7 Å². The van der Waals surface area contributed by atoms with Gasteiger partial charge in [0.1, 0.15) is 6.73 Å². The van der Waals surface area contributed by atoms with Crippen LogP contribution in [0.3, 0.4) is 0 Å². The Morgan fingerprint density at radius 2 is 1.54 bits per heavy atom. The number of hydrogen-bond donors (Lipinski definition) is 0. The van der Waals surface area contributed by atoms with Crippen molar-refractivity contribution in [2.75, 3.05) is 16.9 Å². The Bertz CT molecular complexity index is 855. The summed E-state index contributed by atoms with van der Waals surface area (Å²) in [4.78, 5) is 0. The van der Waals surface area contributed by atoms with E-state index in [1.165, 1.54) is 6.42 Å². The SMILES string of the molecule is Brc1ccc(N2COC34CCCCC3=NN(c3ccc(Br)cc3)N24)cc1. The van der Waals surface area contributed by atoms with E-state index in [2.05, 4.69) is 78.4 Å². The van der Waals surface area contributed by atoms with Crippen molar-refractivity contribution in [2.45, 2.75) is 31.4 Å². The van der Waals surface area contributed by atoms with E-state index >= 15 is 0 Å². The first-order valence-corrected chi connectivity index (χ1v) is 10.4. The predicted octanol–water partition coefficient (Wildman–Crippen LogP) is 5.28. The van der Waals surface area contributed by atoms with Crippen molar-refractivity contribution >= 4 is 48.9 Å². The number of benzene rings is 2. The van der Waals surface area contributed by atoms with Gasteiger partial charge in [-0.25, -0.2) is 0 Å². The van der Waals surface area contributed by atoms with E-state index in [-0.39, 0.29) is 0 Å². The van der Waals surface area contributed by atoms with Crippen LogP contribution in [0.25, 0.3) is 0 Å². The van der Waals surface area contributed by atoms with E-state index in [1.807, 2.05) is 17.3 Å². The van der Waals surface area contributed by atoms with E-state index in [1.54, 1.807) is 0 Å². The summed E-state index contributed by atoms with van der Waals surface area (Å²) < 4.78 is 8.52. The fourth-order valence-corrected chi connectivity index (χ4v) is 4.45. The first-order valence-electron chi connectivity index (χ1n) is 8.78. The molecule has 0 bridgehead atoms. The molecule has 1 unspecified atom stereocenters. The molecule has 0 aromatic heterocycles. The lowest BCUT2D eigenvalue weighted by Gasteiger charge is -2.39. The normalized spacial score (nSPS) is 25.2. The van der Waals surface area contributed by atoms with E-state index in [9.17, 15) is 0 Å². The number of ether oxygens (including phenoxy) is 1. The molecule has 2 aromatic carbocycles. The summed E-state index contributed by atoms with van der Waals surface area (Å²) in [6.07, 6.45) is 4.27. The second-order valence-corrected chi connectivity index (χ2v) is 8.57. The Hall–Kier alpha value is -1.41. The molecule has 1 atom stereocenters. The lowest BCUT2D eigenvalue weighted by Crippen LogP contribution is -2.57. The van der Waals surface area contributed by atoms with Gasteiger partial charge in [-0.1, -0.05) is 37.0 Å². The van der Waals surface area contributed by atoms with Crippen LogP contribution >= 0.6 is 31.9 Å². The fourth-order valence-electron chi connectivity index (χ4n) is 3.92. The molecular formula is C19H18Br2N4O. The third-order valence-corrected chi connectivity index (χ3v) is 6.24. The zero-order valence-electron chi connectivity index (χ0n) is 14.1. The smallest absolute Gasteiger partial charge is 0.202 e. The van der Waals surface area contributed by atoms with Gasteiger partial charge in [-0.2, -0.15) is 10.2 Å². The van der Waals surface area contributed by atoms with Crippen LogP contribution in [0, 0.1) is 0 Å². The molecule has 0 N–H and O–H groups in total. The first-order chi connectivity index (χ1) is 12.7.